The van der Waals surface area contributed by atoms with Crippen LogP contribution in [0.1, 0.15) is 30.1 Å². The average Bonchev–Trinajstić information content (AvgIpc) is 2.99. The molecule has 1 aromatic heterocycles. The van der Waals surface area contributed by atoms with Gasteiger partial charge in [-0.1, -0.05) is 18.2 Å². The molecule has 0 radical (unpaired) electrons. The summed E-state index contributed by atoms with van der Waals surface area (Å²) in [7, 11) is 1.85. The van der Waals surface area contributed by atoms with Gasteiger partial charge in [-0.15, -0.1) is 0 Å². The molecule has 7 heteroatoms. The molecule has 0 bridgehead atoms. The van der Waals surface area contributed by atoms with Crippen molar-refractivity contribution in [2.75, 3.05) is 19.7 Å². The Morgan fingerprint density at radius 3 is 2.58 bits per heavy atom. The molecular weight excluding hydrogens is 334 g/mol. The maximum atomic E-state index is 12.6. The summed E-state index contributed by atoms with van der Waals surface area (Å²) >= 11 is 0. The van der Waals surface area contributed by atoms with Crippen LogP contribution in [0.2, 0.25) is 0 Å². The molecule has 2 amide bonds. The van der Waals surface area contributed by atoms with Crippen LogP contribution in [0.3, 0.4) is 0 Å². The fourth-order valence-electron chi connectivity index (χ4n) is 3.32. The summed E-state index contributed by atoms with van der Waals surface area (Å²) in [6, 6.07) is 7.38. The molecule has 0 aliphatic carbocycles. The lowest BCUT2D eigenvalue weighted by Crippen LogP contribution is -2.48. The van der Waals surface area contributed by atoms with E-state index in [2.05, 4.69) is 5.32 Å². The number of Topliss-reactive ketones (excluding diaryl/α,β-unsaturated/α-hetero) is 1. The molecule has 2 heterocycles. The van der Waals surface area contributed by atoms with Gasteiger partial charge in [0.05, 0.1) is 12.2 Å². The van der Waals surface area contributed by atoms with Gasteiger partial charge in [-0.3, -0.25) is 9.59 Å². The van der Waals surface area contributed by atoms with Crippen molar-refractivity contribution in [3.8, 4) is 0 Å². The van der Waals surface area contributed by atoms with Crippen LogP contribution in [0.25, 0.3) is 10.9 Å². The third-order valence-electron chi connectivity index (χ3n) is 4.70. The van der Waals surface area contributed by atoms with Crippen LogP contribution in [0.4, 0.5) is 4.79 Å². The molecule has 1 aliphatic heterocycles. The third kappa shape index (κ3) is 3.56. The lowest BCUT2D eigenvalue weighted by Gasteiger charge is -2.31. The number of carbonyl (C=O) groups is 3. The summed E-state index contributed by atoms with van der Waals surface area (Å²) in [4.78, 5) is 38.3. The van der Waals surface area contributed by atoms with E-state index in [0.717, 1.165) is 10.9 Å². The van der Waals surface area contributed by atoms with Crippen molar-refractivity contribution < 1.29 is 19.1 Å². The molecule has 1 aromatic carbocycles. The third-order valence-corrected chi connectivity index (χ3v) is 4.70. The molecule has 3 rings (SSSR count). The number of nitrogens with one attached hydrogen (secondary N) is 1. The monoisotopic (exact) mass is 357 g/mol. The molecule has 1 aliphatic rings. The number of aromatic nitrogens is 1. The highest BCUT2D eigenvalue weighted by molar-refractivity contribution is 6.45. The maximum Gasteiger partial charge on any atom is 0.409 e. The van der Waals surface area contributed by atoms with E-state index in [0.29, 0.717) is 38.1 Å². The molecule has 7 nitrogen and oxygen atoms in total. The first-order valence-corrected chi connectivity index (χ1v) is 8.82. The van der Waals surface area contributed by atoms with Gasteiger partial charge in [0.15, 0.2) is 0 Å². The predicted molar refractivity (Wildman–Crippen MR) is 97.0 cm³/mol. The number of piperidine rings is 1. The lowest BCUT2D eigenvalue weighted by atomic mass is 10.0. The second-order valence-electron chi connectivity index (χ2n) is 6.43. The van der Waals surface area contributed by atoms with E-state index in [-0.39, 0.29) is 12.1 Å². The Balaban J connectivity index is 1.62. The van der Waals surface area contributed by atoms with E-state index in [1.807, 2.05) is 35.9 Å². The Morgan fingerprint density at radius 1 is 1.19 bits per heavy atom. The number of likely N-dealkylation sites (tertiary alicyclic amines) is 1. The van der Waals surface area contributed by atoms with Gasteiger partial charge in [-0.2, -0.15) is 0 Å². The number of rotatable bonds is 4. The van der Waals surface area contributed by atoms with Crippen LogP contribution in [-0.4, -0.2) is 53.0 Å². The van der Waals surface area contributed by atoms with Gasteiger partial charge < -0.3 is 19.5 Å². The molecule has 0 unspecified atom stereocenters. The Hall–Kier alpha value is -2.83. The lowest BCUT2D eigenvalue weighted by molar-refractivity contribution is -0.117. The molecular formula is C19H23N3O4. The number of nitrogens with zero attached hydrogens (tertiary/aromatic N) is 2. The van der Waals surface area contributed by atoms with Crippen molar-refractivity contribution in [3.05, 3.63) is 36.0 Å². The van der Waals surface area contributed by atoms with Gasteiger partial charge in [0.2, 0.25) is 0 Å². The summed E-state index contributed by atoms with van der Waals surface area (Å²) in [5.41, 5.74) is 1.32. The van der Waals surface area contributed by atoms with Gasteiger partial charge in [-0.25, -0.2) is 4.79 Å². The van der Waals surface area contributed by atoms with Gasteiger partial charge in [0.25, 0.3) is 11.7 Å². The highest BCUT2D eigenvalue weighted by Crippen LogP contribution is 2.21. The van der Waals surface area contributed by atoms with E-state index >= 15 is 0 Å². The van der Waals surface area contributed by atoms with Crippen LogP contribution in [-0.2, 0) is 16.6 Å². The first-order valence-electron chi connectivity index (χ1n) is 8.82. The first-order chi connectivity index (χ1) is 12.5. The standard InChI is InChI=1S/C19H23N3O4/c1-3-26-19(25)22-10-8-13(9-11-22)20-18(24)17(23)15-12-21(2)16-7-5-4-6-14(15)16/h4-7,12-13H,3,8-11H2,1-2H3,(H,20,24). The summed E-state index contributed by atoms with van der Waals surface area (Å²) < 4.78 is 6.82. The van der Waals surface area contributed by atoms with E-state index in [4.69, 9.17) is 4.74 Å². The minimum absolute atomic E-state index is 0.118. The average molecular weight is 357 g/mol. The predicted octanol–water partition coefficient (Wildman–Crippen LogP) is 2.10. The van der Waals surface area contributed by atoms with Crippen molar-refractivity contribution in [2.45, 2.75) is 25.8 Å². The second-order valence-corrected chi connectivity index (χ2v) is 6.43. The fraction of sp³-hybridized carbons (Fsp3) is 0.421. The van der Waals surface area contributed by atoms with Crippen molar-refractivity contribution in [3.63, 3.8) is 0 Å². The SMILES string of the molecule is CCOC(=O)N1CCC(NC(=O)C(=O)c2cn(C)c3ccccc23)CC1. The van der Waals surface area contributed by atoms with Crippen LogP contribution < -0.4 is 5.32 Å². The summed E-state index contributed by atoms with van der Waals surface area (Å²) in [6.45, 7) is 3.12. The molecule has 2 aromatic rings. The number of hydrogen-bond donors (Lipinski definition) is 1. The van der Waals surface area contributed by atoms with E-state index < -0.39 is 11.7 Å². The maximum absolute atomic E-state index is 12.6. The van der Waals surface area contributed by atoms with Gasteiger partial charge in [0.1, 0.15) is 0 Å². The van der Waals surface area contributed by atoms with Crippen LogP contribution in [0, 0.1) is 0 Å². The topological polar surface area (TPSA) is 80.6 Å². The Kier molecular flexibility index (Phi) is 5.25. The van der Waals surface area contributed by atoms with Crippen LogP contribution in [0.5, 0.6) is 0 Å². The summed E-state index contributed by atoms with van der Waals surface area (Å²) in [5, 5.41) is 3.58. The molecule has 1 saturated heterocycles. The molecule has 0 atom stereocenters. The second kappa shape index (κ2) is 7.59. The minimum atomic E-state index is -0.601. The number of amides is 2. The van der Waals surface area contributed by atoms with Gasteiger partial charge >= 0.3 is 6.09 Å². The summed E-state index contributed by atoms with van der Waals surface area (Å²) in [5.74, 6) is -1.13. The highest BCUT2D eigenvalue weighted by Gasteiger charge is 2.27. The van der Waals surface area contributed by atoms with Crippen molar-refractivity contribution in [1.29, 1.82) is 0 Å². The zero-order valence-corrected chi connectivity index (χ0v) is 15.0. The van der Waals surface area contributed by atoms with Crippen molar-refractivity contribution in [2.24, 2.45) is 7.05 Å². The molecule has 26 heavy (non-hydrogen) atoms. The van der Waals surface area contributed by atoms with Crippen LogP contribution in [0.15, 0.2) is 30.5 Å². The molecule has 138 valence electrons. The number of fused-ring (bicyclic) bond motifs is 1. The van der Waals surface area contributed by atoms with E-state index in [1.54, 1.807) is 18.0 Å². The van der Waals surface area contributed by atoms with Crippen molar-refractivity contribution >= 4 is 28.7 Å². The smallest absolute Gasteiger partial charge is 0.409 e. The zero-order valence-electron chi connectivity index (χ0n) is 15.0. The molecule has 0 saturated carbocycles. The fourth-order valence-corrected chi connectivity index (χ4v) is 3.32. The van der Waals surface area contributed by atoms with E-state index in [9.17, 15) is 14.4 Å². The minimum Gasteiger partial charge on any atom is -0.450 e. The van der Waals surface area contributed by atoms with Gasteiger partial charge in [0, 0.05) is 43.3 Å². The number of benzene rings is 1. The molecule has 1 fully saturated rings. The molecule has 1 N–H and O–H groups in total. The highest BCUT2D eigenvalue weighted by atomic mass is 16.6. The van der Waals surface area contributed by atoms with E-state index in [1.165, 1.54) is 0 Å². The van der Waals surface area contributed by atoms with Crippen molar-refractivity contribution in [1.82, 2.24) is 14.8 Å². The van der Waals surface area contributed by atoms with Crippen LogP contribution >= 0.6 is 0 Å². The Morgan fingerprint density at radius 2 is 1.88 bits per heavy atom. The zero-order chi connectivity index (χ0) is 18.7. The number of aryl methyl sites for hydroxylation is 1. The largest absolute Gasteiger partial charge is 0.450 e. The summed E-state index contributed by atoms with van der Waals surface area (Å²) in [6.07, 6.45) is 2.57. The first kappa shape index (κ1) is 18.0. The Bertz CT molecular complexity index is 834. The number of ketones is 1. The number of para-hydroxylation sites is 1. The normalized spacial score (nSPS) is 15.1. The molecule has 0 spiro atoms. The number of carbonyl (C=O) groups excluding carboxylic acids is 3. The number of hydrogen-bond acceptors (Lipinski definition) is 4. The Labute approximate surface area is 151 Å². The number of ether oxygens (including phenoxy) is 1. The quantitative estimate of drug-likeness (QED) is 0.671. The van der Waals surface area contributed by atoms with Gasteiger partial charge in [-0.05, 0) is 25.8 Å².